The first-order valence-electron chi connectivity index (χ1n) is 8.12. The molecule has 0 atom stereocenters. The standard InChI is InChI=1S/C19H17F2N3O2/c1-2-9-23-18(25)15-16(22)11-6-3-5-10(17(11)24-19(15)26)14-12(20)7-4-8-13(14)21/h3-8H,2,9H2,1H3,(H,23,25)(H3,22,24,26). The Morgan fingerprint density at radius 1 is 1.15 bits per heavy atom. The number of aromatic amines is 1. The average molecular weight is 357 g/mol. The lowest BCUT2D eigenvalue weighted by molar-refractivity contribution is 0.0953. The third-order valence-corrected chi connectivity index (χ3v) is 4.08. The number of carbonyl (C=O) groups excluding carboxylic acids is 1. The number of amides is 1. The number of aromatic nitrogens is 1. The largest absolute Gasteiger partial charge is 0.397 e. The van der Waals surface area contributed by atoms with Crippen molar-refractivity contribution >= 4 is 22.5 Å². The molecule has 0 spiro atoms. The van der Waals surface area contributed by atoms with Crippen molar-refractivity contribution in [2.24, 2.45) is 0 Å². The summed E-state index contributed by atoms with van der Waals surface area (Å²) in [5.74, 6) is -2.11. The van der Waals surface area contributed by atoms with Gasteiger partial charge in [-0.05, 0) is 18.6 Å². The van der Waals surface area contributed by atoms with Crippen molar-refractivity contribution in [3.05, 3.63) is 63.9 Å². The van der Waals surface area contributed by atoms with E-state index in [9.17, 15) is 18.4 Å². The van der Waals surface area contributed by atoms with Gasteiger partial charge in [0.1, 0.15) is 17.2 Å². The first kappa shape index (κ1) is 17.6. The zero-order chi connectivity index (χ0) is 18.8. The summed E-state index contributed by atoms with van der Waals surface area (Å²) in [5, 5.41) is 2.94. The van der Waals surface area contributed by atoms with Crippen molar-refractivity contribution < 1.29 is 13.6 Å². The average Bonchev–Trinajstić information content (AvgIpc) is 2.60. The van der Waals surface area contributed by atoms with Gasteiger partial charge in [-0.15, -0.1) is 0 Å². The monoisotopic (exact) mass is 357 g/mol. The molecule has 0 aliphatic carbocycles. The second-order valence-corrected chi connectivity index (χ2v) is 5.82. The lowest BCUT2D eigenvalue weighted by atomic mass is 9.99. The lowest BCUT2D eigenvalue weighted by Gasteiger charge is -2.13. The molecule has 5 nitrogen and oxygen atoms in total. The predicted molar refractivity (Wildman–Crippen MR) is 97.0 cm³/mol. The minimum atomic E-state index is -0.762. The van der Waals surface area contributed by atoms with E-state index in [1.807, 2.05) is 6.92 Å². The van der Waals surface area contributed by atoms with Crippen LogP contribution in [0.3, 0.4) is 0 Å². The van der Waals surface area contributed by atoms with E-state index < -0.39 is 23.1 Å². The topological polar surface area (TPSA) is 88.0 Å². The number of para-hydroxylation sites is 1. The van der Waals surface area contributed by atoms with Gasteiger partial charge in [0.2, 0.25) is 0 Å². The number of halogens is 2. The van der Waals surface area contributed by atoms with Gasteiger partial charge in [0.05, 0.1) is 16.8 Å². The van der Waals surface area contributed by atoms with E-state index in [2.05, 4.69) is 10.3 Å². The van der Waals surface area contributed by atoms with Crippen molar-refractivity contribution in [3.63, 3.8) is 0 Å². The molecular weight excluding hydrogens is 340 g/mol. The zero-order valence-corrected chi connectivity index (χ0v) is 14.0. The van der Waals surface area contributed by atoms with Crippen LogP contribution in [0.4, 0.5) is 14.5 Å². The molecule has 0 unspecified atom stereocenters. The summed E-state index contributed by atoms with van der Waals surface area (Å²) in [6, 6.07) is 8.14. The third kappa shape index (κ3) is 2.92. The summed E-state index contributed by atoms with van der Waals surface area (Å²) in [6.07, 6.45) is 0.702. The Labute approximate surface area is 147 Å². The molecule has 1 heterocycles. The molecule has 3 rings (SSSR count). The van der Waals surface area contributed by atoms with Crippen LogP contribution in [0, 0.1) is 11.6 Å². The summed E-state index contributed by atoms with van der Waals surface area (Å²) in [5.41, 5.74) is 5.15. The first-order valence-corrected chi connectivity index (χ1v) is 8.12. The van der Waals surface area contributed by atoms with Crippen LogP contribution in [0.1, 0.15) is 23.7 Å². The number of benzene rings is 2. The molecule has 26 heavy (non-hydrogen) atoms. The maximum Gasteiger partial charge on any atom is 0.263 e. The fourth-order valence-electron chi connectivity index (χ4n) is 2.86. The fraction of sp³-hybridized carbons (Fsp3) is 0.158. The number of H-pyrrole nitrogens is 1. The molecule has 0 bridgehead atoms. The predicted octanol–water partition coefficient (Wildman–Crippen LogP) is 3.20. The minimum absolute atomic E-state index is 0.0315. The van der Waals surface area contributed by atoms with Crippen LogP contribution in [0.2, 0.25) is 0 Å². The zero-order valence-electron chi connectivity index (χ0n) is 14.0. The highest BCUT2D eigenvalue weighted by Crippen LogP contribution is 2.33. The van der Waals surface area contributed by atoms with Gasteiger partial charge in [0.25, 0.3) is 11.5 Å². The molecule has 0 radical (unpaired) electrons. The first-order chi connectivity index (χ1) is 12.5. The van der Waals surface area contributed by atoms with E-state index in [0.29, 0.717) is 18.4 Å². The van der Waals surface area contributed by atoms with Gasteiger partial charge in [-0.3, -0.25) is 9.59 Å². The van der Waals surface area contributed by atoms with Crippen LogP contribution < -0.4 is 16.6 Å². The Morgan fingerprint density at radius 2 is 1.81 bits per heavy atom. The Hall–Kier alpha value is -3.22. The molecule has 1 amide bonds. The molecule has 0 aliphatic heterocycles. The van der Waals surface area contributed by atoms with E-state index in [-0.39, 0.29) is 27.9 Å². The summed E-state index contributed by atoms with van der Waals surface area (Å²) in [4.78, 5) is 27.2. The number of pyridine rings is 1. The normalized spacial score (nSPS) is 10.9. The minimum Gasteiger partial charge on any atom is -0.397 e. The van der Waals surface area contributed by atoms with Crippen LogP contribution in [-0.4, -0.2) is 17.4 Å². The van der Waals surface area contributed by atoms with Crippen molar-refractivity contribution in [2.75, 3.05) is 12.3 Å². The van der Waals surface area contributed by atoms with E-state index in [0.717, 1.165) is 12.1 Å². The van der Waals surface area contributed by atoms with Gasteiger partial charge in [-0.1, -0.05) is 31.2 Å². The van der Waals surface area contributed by atoms with Gasteiger partial charge < -0.3 is 16.0 Å². The number of nitrogen functional groups attached to an aromatic ring is 1. The number of carbonyl (C=O) groups is 1. The fourth-order valence-corrected chi connectivity index (χ4v) is 2.86. The smallest absolute Gasteiger partial charge is 0.263 e. The molecule has 0 aliphatic rings. The molecule has 1 aromatic heterocycles. The number of fused-ring (bicyclic) bond motifs is 1. The van der Waals surface area contributed by atoms with E-state index >= 15 is 0 Å². The molecule has 4 N–H and O–H groups in total. The molecule has 3 aromatic rings. The van der Waals surface area contributed by atoms with E-state index in [1.165, 1.54) is 12.1 Å². The molecule has 2 aromatic carbocycles. The molecule has 0 saturated carbocycles. The molecule has 134 valence electrons. The van der Waals surface area contributed by atoms with Crippen molar-refractivity contribution in [2.45, 2.75) is 13.3 Å². The number of nitrogens with one attached hydrogen (secondary N) is 2. The van der Waals surface area contributed by atoms with Crippen molar-refractivity contribution in [3.8, 4) is 11.1 Å². The Balaban J connectivity index is 2.28. The second kappa shape index (κ2) is 6.95. The number of anilines is 1. The summed E-state index contributed by atoms with van der Waals surface area (Å²) in [7, 11) is 0. The summed E-state index contributed by atoms with van der Waals surface area (Å²) in [6.45, 7) is 2.28. The molecule has 0 fully saturated rings. The second-order valence-electron chi connectivity index (χ2n) is 5.82. The maximum absolute atomic E-state index is 14.2. The molecule has 0 saturated heterocycles. The van der Waals surface area contributed by atoms with E-state index in [4.69, 9.17) is 5.73 Å². The lowest BCUT2D eigenvalue weighted by Crippen LogP contribution is -2.31. The Morgan fingerprint density at radius 3 is 2.46 bits per heavy atom. The van der Waals surface area contributed by atoms with Crippen LogP contribution in [-0.2, 0) is 0 Å². The summed E-state index contributed by atoms with van der Waals surface area (Å²) >= 11 is 0. The van der Waals surface area contributed by atoms with E-state index in [1.54, 1.807) is 12.1 Å². The van der Waals surface area contributed by atoms with Crippen LogP contribution in [0.15, 0.2) is 41.2 Å². The number of hydrogen-bond donors (Lipinski definition) is 3. The van der Waals surface area contributed by atoms with Gasteiger partial charge in [0.15, 0.2) is 0 Å². The molecular formula is C19H17F2N3O2. The van der Waals surface area contributed by atoms with Crippen molar-refractivity contribution in [1.82, 2.24) is 10.3 Å². The SMILES string of the molecule is CCCNC(=O)c1c(N)c2cccc(-c3c(F)cccc3F)c2[nH]c1=O. The maximum atomic E-state index is 14.2. The number of hydrogen-bond acceptors (Lipinski definition) is 3. The highest BCUT2D eigenvalue weighted by atomic mass is 19.1. The molecule has 7 heteroatoms. The highest BCUT2D eigenvalue weighted by Gasteiger charge is 2.20. The Bertz CT molecular complexity index is 1040. The van der Waals surface area contributed by atoms with Crippen LogP contribution >= 0.6 is 0 Å². The van der Waals surface area contributed by atoms with Crippen LogP contribution in [0.25, 0.3) is 22.0 Å². The third-order valence-electron chi connectivity index (χ3n) is 4.08. The number of rotatable bonds is 4. The highest BCUT2D eigenvalue weighted by molar-refractivity contribution is 6.08. The van der Waals surface area contributed by atoms with Crippen LogP contribution in [0.5, 0.6) is 0 Å². The van der Waals surface area contributed by atoms with Crippen molar-refractivity contribution in [1.29, 1.82) is 0 Å². The van der Waals surface area contributed by atoms with Gasteiger partial charge in [-0.25, -0.2) is 8.78 Å². The quantitative estimate of drug-likeness (QED) is 0.670. The Kier molecular flexibility index (Phi) is 4.71. The summed E-state index contributed by atoms with van der Waals surface area (Å²) < 4.78 is 28.4. The van der Waals surface area contributed by atoms with Gasteiger partial charge >= 0.3 is 0 Å². The van der Waals surface area contributed by atoms with Gasteiger partial charge in [-0.2, -0.15) is 0 Å². The number of nitrogens with two attached hydrogens (primary N) is 1. The van der Waals surface area contributed by atoms with Gasteiger partial charge in [0, 0.05) is 17.5 Å².